The molecule has 1 saturated heterocycles. The maximum Gasteiger partial charge on any atom is 0.312 e. The lowest BCUT2D eigenvalue weighted by molar-refractivity contribution is -0.152. The maximum absolute atomic E-state index is 11.3. The number of aliphatic hydroxyl groups excluding tert-OH is 1. The summed E-state index contributed by atoms with van der Waals surface area (Å²) in [6.07, 6.45) is 1.21. The van der Waals surface area contributed by atoms with E-state index < -0.39 is 6.10 Å². The summed E-state index contributed by atoms with van der Waals surface area (Å²) in [7, 11) is 1.37. The van der Waals surface area contributed by atoms with Crippen molar-refractivity contribution >= 4 is 5.97 Å². The molecule has 0 saturated carbocycles. The quantitative estimate of drug-likeness (QED) is 0.665. The van der Waals surface area contributed by atoms with Crippen molar-refractivity contribution in [2.24, 2.45) is 5.92 Å². The van der Waals surface area contributed by atoms with Gasteiger partial charge in [-0.1, -0.05) is 6.92 Å². The number of rotatable bonds is 3. The minimum Gasteiger partial charge on any atom is -0.469 e. The smallest absolute Gasteiger partial charge is 0.312 e. The van der Waals surface area contributed by atoms with E-state index in [9.17, 15) is 9.90 Å². The molecule has 0 spiro atoms. The first-order chi connectivity index (χ1) is 6.69. The van der Waals surface area contributed by atoms with Gasteiger partial charge < -0.3 is 14.7 Å². The monoisotopic (exact) mass is 201 g/mol. The predicted octanol–water partition coefficient (Wildman–Crippen LogP) is 0.252. The van der Waals surface area contributed by atoms with Crippen molar-refractivity contribution in [2.75, 3.05) is 26.7 Å². The highest BCUT2D eigenvalue weighted by Crippen LogP contribution is 2.18. The van der Waals surface area contributed by atoms with Crippen LogP contribution in [0.25, 0.3) is 0 Å². The van der Waals surface area contributed by atoms with Gasteiger partial charge in [0.2, 0.25) is 0 Å². The van der Waals surface area contributed by atoms with Gasteiger partial charge in [0.25, 0.3) is 0 Å². The van der Waals surface area contributed by atoms with Crippen LogP contribution in [0.15, 0.2) is 0 Å². The summed E-state index contributed by atoms with van der Waals surface area (Å²) < 4.78 is 4.66. The number of methoxy groups -OCH3 is 1. The molecule has 1 aliphatic heterocycles. The van der Waals surface area contributed by atoms with E-state index in [4.69, 9.17) is 0 Å². The first kappa shape index (κ1) is 11.5. The number of aliphatic hydroxyl groups is 1. The molecule has 1 fully saturated rings. The number of carbonyl (C=O) groups excluding carboxylic acids is 1. The van der Waals surface area contributed by atoms with Gasteiger partial charge in [-0.3, -0.25) is 4.79 Å². The van der Waals surface area contributed by atoms with Crippen LogP contribution in [0, 0.1) is 5.92 Å². The van der Waals surface area contributed by atoms with Gasteiger partial charge in [0.15, 0.2) is 0 Å². The summed E-state index contributed by atoms with van der Waals surface area (Å²) in [5.74, 6) is -0.654. The molecule has 2 atom stereocenters. The predicted molar refractivity (Wildman–Crippen MR) is 52.9 cm³/mol. The minimum atomic E-state index is -0.532. The Kier molecular flexibility index (Phi) is 4.35. The number of likely N-dealkylation sites (tertiary alicyclic amines) is 1. The fraction of sp³-hybridized carbons (Fsp3) is 0.900. The molecule has 4 nitrogen and oxygen atoms in total. The van der Waals surface area contributed by atoms with Crippen LogP contribution in [-0.2, 0) is 9.53 Å². The normalized spacial score (nSPS) is 28.8. The third-order valence-electron chi connectivity index (χ3n) is 2.70. The molecule has 0 aromatic heterocycles. The van der Waals surface area contributed by atoms with Gasteiger partial charge in [-0.25, -0.2) is 0 Å². The molecule has 0 aromatic rings. The lowest BCUT2D eigenvalue weighted by atomic mass is 9.95. The van der Waals surface area contributed by atoms with Gasteiger partial charge >= 0.3 is 5.97 Å². The largest absolute Gasteiger partial charge is 0.469 e. The molecule has 1 aliphatic rings. The van der Waals surface area contributed by atoms with Crippen molar-refractivity contribution in [3.05, 3.63) is 0 Å². The van der Waals surface area contributed by atoms with Crippen LogP contribution in [0.3, 0.4) is 0 Å². The highest BCUT2D eigenvalue weighted by molar-refractivity contribution is 5.73. The van der Waals surface area contributed by atoms with Crippen molar-refractivity contribution in [2.45, 2.75) is 25.9 Å². The average Bonchev–Trinajstić information content (AvgIpc) is 2.20. The third kappa shape index (κ3) is 2.69. The number of hydrogen-bond donors (Lipinski definition) is 1. The molecule has 1 N–H and O–H groups in total. The highest BCUT2D eigenvalue weighted by atomic mass is 16.5. The lowest BCUT2D eigenvalue weighted by Crippen LogP contribution is -2.47. The summed E-state index contributed by atoms with van der Waals surface area (Å²) in [4.78, 5) is 13.5. The Morgan fingerprint density at radius 2 is 2.36 bits per heavy atom. The number of hydrogen-bond acceptors (Lipinski definition) is 4. The zero-order valence-corrected chi connectivity index (χ0v) is 8.90. The standard InChI is InChI=1S/C10H19NO3/c1-3-5-11-6-4-9(12)8(7-11)10(13)14-2/h8-9,12H,3-7H2,1-2H3/t8-,9+/m0/s1. The van der Waals surface area contributed by atoms with Gasteiger partial charge in [0.1, 0.15) is 0 Å². The highest BCUT2D eigenvalue weighted by Gasteiger charge is 2.33. The van der Waals surface area contributed by atoms with Crippen LogP contribution < -0.4 is 0 Å². The molecular weight excluding hydrogens is 182 g/mol. The Morgan fingerprint density at radius 3 is 2.93 bits per heavy atom. The van der Waals surface area contributed by atoms with E-state index in [2.05, 4.69) is 16.6 Å². The van der Waals surface area contributed by atoms with E-state index in [1.165, 1.54) is 7.11 Å². The van der Waals surface area contributed by atoms with Gasteiger partial charge in [-0.2, -0.15) is 0 Å². The molecule has 4 heteroatoms. The van der Waals surface area contributed by atoms with Gasteiger partial charge in [-0.05, 0) is 19.4 Å². The van der Waals surface area contributed by atoms with Crippen LogP contribution in [0.1, 0.15) is 19.8 Å². The Morgan fingerprint density at radius 1 is 1.64 bits per heavy atom. The van der Waals surface area contributed by atoms with Crippen molar-refractivity contribution in [3.63, 3.8) is 0 Å². The maximum atomic E-state index is 11.3. The SMILES string of the molecule is CCCN1CC[C@@H](O)[C@@H](C(=O)OC)C1. The van der Waals surface area contributed by atoms with Gasteiger partial charge in [0, 0.05) is 13.1 Å². The van der Waals surface area contributed by atoms with Gasteiger partial charge in [-0.15, -0.1) is 0 Å². The summed E-state index contributed by atoms with van der Waals surface area (Å²) >= 11 is 0. The Labute approximate surface area is 84.8 Å². The Bertz CT molecular complexity index is 196. The molecule has 0 amide bonds. The molecule has 0 aliphatic carbocycles. The number of esters is 1. The number of carbonyl (C=O) groups is 1. The second-order valence-electron chi connectivity index (χ2n) is 3.79. The van der Waals surface area contributed by atoms with Crippen LogP contribution in [0.4, 0.5) is 0 Å². The molecule has 1 rings (SSSR count). The van der Waals surface area contributed by atoms with Crippen molar-refractivity contribution < 1.29 is 14.6 Å². The van der Waals surface area contributed by atoms with Crippen LogP contribution in [0.2, 0.25) is 0 Å². The fourth-order valence-electron chi connectivity index (χ4n) is 1.91. The van der Waals surface area contributed by atoms with Crippen molar-refractivity contribution in [3.8, 4) is 0 Å². The first-order valence-electron chi connectivity index (χ1n) is 5.17. The molecule has 0 bridgehead atoms. The lowest BCUT2D eigenvalue weighted by Gasteiger charge is -2.34. The van der Waals surface area contributed by atoms with Crippen LogP contribution in [-0.4, -0.2) is 48.8 Å². The van der Waals surface area contributed by atoms with E-state index in [1.807, 2.05) is 0 Å². The molecule has 0 unspecified atom stereocenters. The van der Waals surface area contributed by atoms with Crippen LogP contribution >= 0.6 is 0 Å². The average molecular weight is 201 g/mol. The van der Waals surface area contributed by atoms with E-state index in [1.54, 1.807) is 0 Å². The summed E-state index contributed by atoms with van der Waals surface area (Å²) in [5, 5.41) is 9.63. The second-order valence-corrected chi connectivity index (χ2v) is 3.79. The van der Waals surface area contributed by atoms with E-state index in [0.29, 0.717) is 13.0 Å². The number of nitrogens with zero attached hydrogens (tertiary/aromatic N) is 1. The van der Waals surface area contributed by atoms with E-state index in [0.717, 1.165) is 19.5 Å². The topological polar surface area (TPSA) is 49.8 Å². The first-order valence-corrected chi connectivity index (χ1v) is 5.17. The molecule has 1 heterocycles. The Hall–Kier alpha value is -0.610. The fourth-order valence-corrected chi connectivity index (χ4v) is 1.91. The molecule has 0 aromatic carbocycles. The minimum absolute atomic E-state index is 0.293. The molecule has 14 heavy (non-hydrogen) atoms. The van der Waals surface area contributed by atoms with Crippen molar-refractivity contribution in [1.82, 2.24) is 4.90 Å². The second kappa shape index (κ2) is 5.32. The van der Waals surface area contributed by atoms with E-state index in [-0.39, 0.29) is 11.9 Å². The summed E-state index contributed by atoms with van der Waals surface area (Å²) in [6, 6.07) is 0. The molecule has 0 radical (unpaired) electrons. The molecule has 82 valence electrons. The third-order valence-corrected chi connectivity index (χ3v) is 2.70. The number of piperidine rings is 1. The number of ether oxygens (including phenoxy) is 1. The van der Waals surface area contributed by atoms with E-state index >= 15 is 0 Å². The van der Waals surface area contributed by atoms with Gasteiger partial charge in [0.05, 0.1) is 19.1 Å². The summed E-state index contributed by atoms with van der Waals surface area (Å²) in [5.41, 5.74) is 0. The van der Waals surface area contributed by atoms with Crippen LogP contribution in [0.5, 0.6) is 0 Å². The molecular formula is C10H19NO3. The summed E-state index contributed by atoms with van der Waals surface area (Å²) in [6.45, 7) is 4.60. The zero-order chi connectivity index (χ0) is 10.6. The van der Waals surface area contributed by atoms with Crippen molar-refractivity contribution in [1.29, 1.82) is 0 Å². The Balaban J connectivity index is 2.50. The zero-order valence-electron chi connectivity index (χ0n) is 8.90.